The van der Waals surface area contributed by atoms with Gasteiger partial charge in [0.15, 0.2) is 5.52 Å². The molecule has 1 aliphatic rings. The number of benzene rings is 1. The fraction of sp³-hybridized carbons (Fsp3) is 0.0500. The molecular weight excluding hydrogens is 328 g/mol. The smallest absolute Gasteiger partial charge is 0.263 e. The maximum Gasteiger partial charge on any atom is 0.298 e. The van der Waals surface area contributed by atoms with Gasteiger partial charge in [0.25, 0.3) is 5.82 Å². The average Bonchev–Trinajstić information content (AvgIpc) is 3.29. The highest BCUT2D eigenvalue weighted by molar-refractivity contribution is 7.25. The van der Waals surface area contributed by atoms with Crippen molar-refractivity contribution in [1.82, 2.24) is 14.5 Å². The normalized spacial score (nSPS) is 12.6. The summed E-state index contributed by atoms with van der Waals surface area (Å²) in [4.78, 5) is 10.2. The number of pyridine rings is 2. The summed E-state index contributed by atoms with van der Waals surface area (Å²) in [6.07, 6.45) is 5.72. The van der Waals surface area contributed by atoms with Crippen LogP contribution in [0, 0.1) is 0 Å². The van der Waals surface area contributed by atoms with Crippen LogP contribution in [0.1, 0.15) is 5.69 Å². The number of imidazole rings is 1. The number of aromatic nitrogens is 4. The quantitative estimate of drug-likeness (QED) is 0.424. The van der Waals surface area contributed by atoms with Crippen molar-refractivity contribution in [2.75, 3.05) is 0 Å². The second-order valence-electron chi connectivity index (χ2n) is 6.21. The van der Waals surface area contributed by atoms with E-state index in [9.17, 15) is 0 Å². The Balaban J connectivity index is 1.83. The average molecular weight is 341 g/mol. The molecule has 5 aromatic rings. The number of nitrogens with zero attached hydrogens (tertiary/aromatic N) is 4. The van der Waals surface area contributed by atoms with E-state index in [2.05, 4.69) is 61.6 Å². The molecule has 0 unspecified atom stereocenters. The summed E-state index contributed by atoms with van der Waals surface area (Å²) in [5, 5.41) is 1.26. The van der Waals surface area contributed by atoms with Gasteiger partial charge in [0, 0.05) is 24.0 Å². The van der Waals surface area contributed by atoms with E-state index < -0.39 is 0 Å². The third-order valence-electron chi connectivity index (χ3n) is 4.84. The van der Waals surface area contributed by atoms with Crippen LogP contribution in [0.2, 0.25) is 0 Å². The molecular formula is C20H13N4S+. The number of rotatable bonds is 1. The van der Waals surface area contributed by atoms with Crippen molar-refractivity contribution in [2.24, 2.45) is 0 Å². The molecule has 0 N–H and O–H groups in total. The topological polar surface area (TPSA) is 34.6 Å². The van der Waals surface area contributed by atoms with Gasteiger partial charge in [-0.05, 0) is 30.3 Å². The van der Waals surface area contributed by atoms with Gasteiger partial charge in [0.2, 0.25) is 4.83 Å². The molecule has 5 heteroatoms. The molecule has 118 valence electrons. The van der Waals surface area contributed by atoms with Crippen molar-refractivity contribution in [3.8, 4) is 17.1 Å². The molecule has 1 aromatic carbocycles. The van der Waals surface area contributed by atoms with Crippen LogP contribution in [0.15, 0.2) is 67.1 Å². The van der Waals surface area contributed by atoms with Crippen molar-refractivity contribution in [3.63, 3.8) is 0 Å². The lowest BCUT2D eigenvalue weighted by Gasteiger charge is -2.00. The van der Waals surface area contributed by atoms with Crippen molar-refractivity contribution in [2.45, 2.75) is 6.54 Å². The zero-order valence-corrected chi connectivity index (χ0v) is 14.1. The predicted octanol–water partition coefficient (Wildman–Crippen LogP) is 3.95. The van der Waals surface area contributed by atoms with Crippen LogP contribution < -0.4 is 4.57 Å². The number of para-hydroxylation sites is 1. The van der Waals surface area contributed by atoms with E-state index >= 15 is 0 Å². The molecule has 1 aliphatic heterocycles. The fourth-order valence-corrected chi connectivity index (χ4v) is 5.01. The molecule has 4 nitrogen and oxygen atoms in total. The molecule has 0 fully saturated rings. The molecule has 0 saturated heterocycles. The second-order valence-corrected chi connectivity index (χ2v) is 7.24. The minimum Gasteiger partial charge on any atom is -0.263 e. The lowest BCUT2D eigenvalue weighted by atomic mass is 10.2. The van der Waals surface area contributed by atoms with Crippen LogP contribution in [0.5, 0.6) is 0 Å². The van der Waals surface area contributed by atoms with E-state index in [4.69, 9.17) is 0 Å². The van der Waals surface area contributed by atoms with Crippen LogP contribution in [0.3, 0.4) is 0 Å². The maximum atomic E-state index is 4.61. The molecule has 5 heterocycles. The lowest BCUT2D eigenvalue weighted by molar-refractivity contribution is -0.645. The first-order valence-corrected chi connectivity index (χ1v) is 9.04. The molecule has 0 aliphatic carbocycles. The van der Waals surface area contributed by atoms with Crippen LogP contribution >= 0.6 is 11.3 Å². The van der Waals surface area contributed by atoms with Gasteiger partial charge in [0.1, 0.15) is 12.2 Å². The fourth-order valence-electron chi connectivity index (χ4n) is 3.81. The van der Waals surface area contributed by atoms with Gasteiger partial charge in [-0.15, -0.1) is 0 Å². The van der Waals surface area contributed by atoms with Crippen molar-refractivity contribution < 1.29 is 4.57 Å². The molecule has 4 aromatic heterocycles. The summed E-state index contributed by atoms with van der Waals surface area (Å²) in [5.74, 6) is 1.22. The highest BCUT2D eigenvalue weighted by Crippen LogP contribution is 2.39. The summed E-state index contributed by atoms with van der Waals surface area (Å²) in [6, 6.07) is 16.9. The third kappa shape index (κ3) is 1.68. The standard InChI is InChI=1S/C20H13N4S/c1-2-5-13(6-3-1)24-19-14-7-4-9-22-16(14)12-23(19)18-15-8-10-21-11-17(15)25-20(18)24/h1-11H,12H2/q+1. The summed E-state index contributed by atoms with van der Waals surface area (Å²) in [7, 11) is 0. The predicted molar refractivity (Wildman–Crippen MR) is 99.0 cm³/mol. The number of hydrogen-bond acceptors (Lipinski definition) is 3. The first-order valence-electron chi connectivity index (χ1n) is 8.22. The van der Waals surface area contributed by atoms with Gasteiger partial charge in [-0.2, -0.15) is 4.57 Å². The molecule has 0 spiro atoms. The van der Waals surface area contributed by atoms with Gasteiger partial charge in [-0.3, -0.25) is 9.97 Å². The summed E-state index contributed by atoms with van der Waals surface area (Å²) >= 11 is 1.80. The van der Waals surface area contributed by atoms with E-state index in [0.29, 0.717) is 0 Å². The van der Waals surface area contributed by atoms with Crippen LogP contribution in [-0.4, -0.2) is 14.5 Å². The van der Waals surface area contributed by atoms with Crippen LogP contribution in [-0.2, 0) is 6.54 Å². The van der Waals surface area contributed by atoms with Crippen molar-refractivity contribution >= 4 is 31.8 Å². The van der Waals surface area contributed by atoms with E-state index in [1.807, 2.05) is 24.7 Å². The van der Waals surface area contributed by atoms with Crippen molar-refractivity contribution in [1.29, 1.82) is 0 Å². The summed E-state index contributed by atoms with van der Waals surface area (Å²) in [6.45, 7) is 0.815. The number of hydrogen-bond donors (Lipinski definition) is 0. The minimum absolute atomic E-state index is 0.815. The molecule has 0 saturated carbocycles. The van der Waals surface area contributed by atoms with Gasteiger partial charge in [-0.1, -0.05) is 29.5 Å². The zero-order chi connectivity index (χ0) is 16.4. The van der Waals surface area contributed by atoms with Crippen LogP contribution in [0.25, 0.3) is 37.5 Å². The first-order chi connectivity index (χ1) is 12.4. The Morgan fingerprint density at radius 3 is 2.84 bits per heavy atom. The van der Waals surface area contributed by atoms with Gasteiger partial charge in [0.05, 0.1) is 16.0 Å². The maximum absolute atomic E-state index is 4.61. The largest absolute Gasteiger partial charge is 0.298 e. The zero-order valence-electron chi connectivity index (χ0n) is 13.3. The highest BCUT2D eigenvalue weighted by Gasteiger charge is 2.37. The van der Waals surface area contributed by atoms with Gasteiger partial charge in [-0.25, -0.2) is 4.57 Å². The molecule has 0 radical (unpaired) electrons. The molecule has 0 bridgehead atoms. The lowest BCUT2D eigenvalue weighted by Crippen LogP contribution is -2.31. The number of fused-ring (bicyclic) bond motifs is 7. The molecule has 25 heavy (non-hydrogen) atoms. The van der Waals surface area contributed by atoms with E-state index in [1.54, 1.807) is 11.3 Å². The number of thiophene rings is 1. The monoisotopic (exact) mass is 341 g/mol. The Morgan fingerprint density at radius 1 is 1.00 bits per heavy atom. The Hall–Kier alpha value is -3.05. The molecule has 0 amide bonds. The van der Waals surface area contributed by atoms with Crippen molar-refractivity contribution in [3.05, 3.63) is 72.8 Å². The Labute approximate surface area is 147 Å². The SMILES string of the molecule is c1ccc(-n2c3[n+](c4c5ccncc5sc42)Cc2ncccc2-3)cc1. The van der Waals surface area contributed by atoms with Gasteiger partial charge < -0.3 is 0 Å². The summed E-state index contributed by atoms with van der Waals surface area (Å²) in [5.41, 5.74) is 4.81. The van der Waals surface area contributed by atoms with E-state index in [1.165, 1.54) is 37.5 Å². The summed E-state index contributed by atoms with van der Waals surface area (Å²) < 4.78 is 5.99. The Bertz CT molecular complexity index is 1270. The Morgan fingerprint density at radius 2 is 1.92 bits per heavy atom. The second kappa shape index (κ2) is 4.74. The van der Waals surface area contributed by atoms with Crippen LogP contribution in [0.4, 0.5) is 0 Å². The first kappa shape index (κ1) is 13.3. The third-order valence-corrected chi connectivity index (χ3v) is 5.96. The highest BCUT2D eigenvalue weighted by atomic mass is 32.1. The van der Waals surface area contributed by atoms with Gasteiger partial charge >= 0.3 is 0 Å². The Kier molecular flexibility index (Phi) is 2.51. The van der Waals surface area contributed by atoms with E-state index in [0.717, 1.165) is 12.2 Å². The molecule has 6 rings (SSSR count). The van der Waals surface area contributed by atoms with E-state index in [-0.39, 0.29) is 0 Å². The minimum atomic E-state index is 0.815. The molecule has 0 atom stereocenters.